The van der Waals surface area contributed by atoms with Crippen LogP contribution in [-0.2, 0) is 16.2 Å². The summed E-state index contributed by atoms with van der Waals surface area (Å²) in [4.78, 5) is 25.0. The van der Waals surface area contributed by atoms with Crippen molar-refractivity contribution in [3.63, 3.8) is 0 Å². The number of nitrogens with zero attached hydrogens (tertiary/aromatic N) is 1. The number of benzene rings is 2. The maximum atomic E-state index is 12.4. The van der Waals surface area contributed by atoms with Crippen molar-refractivity contribution in [2.24, 2.45) is 5.92 Å². The van der Waals surface area contributed by atoms with Gasteiger partial charge in [-0.15, -0.1) is 0 Å². The normalized spacial score (nSPS) is 16.3. The van der Waals surface area contributed by atoms with Crippen LogP contribution in [0.5, 0.6) is 11.5 Å². The Kier molecular flexibility index (Phi) is 7.50. The van der Waals surface area contributed by atoms with Gasteiger partial charge in [0.1, 0.15) is 18.1 Å². The van der Waals surface area contributed by atoms with Crippen molar-refractivity contribution in [2.75, 3.05) is 19.7 Å². The van der Waals surface area contributed by atoms with Crippen LogP contribution < -0.4 is 9.47 Å². The molecular formula is C23H27NO5. The number of piperidine rings is 1. The first-order chi connectivity index (χ1) is 14.1. The summed E-state index contributed by atoms with van der Waals surface area (Å²) < 4.78 is 11.4. The van der Waals surface area contributed by atoms with Crippen molar-refractivity contribution >= 4 is 11.9 Å². The van der Waals surface area contributed by atoms with E-state index >= 15 is 0 Å². The van der Waals surface area contributed by atoms with Gasteiger partial charge in [-0.05, 0) is 55.0 Å². The molecule has 1 amide bonds. The first-order valence-electron chi connectivity index (χ1n) is 9.99. The number of carboxylic acid groups (broad SMARTS) is 1. The Labute approximate surface area is 171 Å². The largest absolute Gasteiger partial charge is 0.489 e. The minimum Gasteiger partial charge on any atom is -0.489 e. The molecule has 2 aromatic rings. The minimum atomic E-state index is -0.784. The highest BCUT2D eigenvalue weighted by molar-refractivity contribution is 5.77. The summed E-state index contributed by atoms with van der Waals surface area (Å²) in [5, 5.41) is 8.83. The first-order valence-corrected chi connectivity index (χ1v) is 9.99. The van der Waals surface area contributed by atoms with E-state index in [0.29, 0.717) is 31.9 Å². The lowest BCUT2D eigenvalue weighted by molar-refractivity contribution is -0.137. The molecule has 0 bridgehead atoms. The van der Waals surface area contributed by atoms with Crippen molar-refractivity contribution in [3.05, 3.63) is 60.2 Å². The van der Waals surface area contributed by atoms with E-state index in [-0.39, 0.29) is 24.9 Å². The molecule has 1 fully saturated rings. The highest BCUT2D eigenvalue weighted by Crippen LogP contribution is 2.22. The van der Waals surface area contributed by atoms with Gasteiger partial charge in [-0.25, -0.2) is 0 Å². The summed E-state index contributed by atoms with van der Waals surface area (Å²) in [6.07, 6.45) is 2.65. The Morgan fingerprint density at radius 3 is 2.38 bits per heavy atom. The molecular weight excluding hydrogens is 370 g/mol. The smallest absolute Gasteiger partial charge is 0.303 e. The molecule has 6 heteroatoms. The van der Waals surface area contributed by atoms with Gasteiger partial charge in [0.25, 0.3) is 5.91 Å². The molecule has 1 atom stereocenters. The van der Waals surface area contributed by atoms with Crippen molar-refractivity contribution in [2.45, 2.75) is 32.3 Å². The summed E-state index contributed by atoms with van der Waals surface area (Å²) in [7, 11) is 0. The van der Waals surface area contributed by atoms with Crippen molar-refractivity contribution in [1.82, 2.24) is 4.90 Å². The highest BCUT2D eigenvalue weighted by atomic mass is 16.5. The topological polar surface area (TPSA) is 76.1 Å². The molecule has 1 unspecified atom stereocenters. The molecule has 1 saturated heterocycles. The Morgan fingerprint density at radius 2 is 1.69 bits per heavy atom. The number of hydrogen-bond acceptors (Lipinski definition) is 4. The lowest BCUT2D eigenvalue weighted by Crippen LogP contribution is -2.42. The maximum absolute atomic E-state index is 12.4. The van der Waals surface area contributed by atoms with E-state index in [1.54, 1.807) is 17.0 Å². The molecule has 154 valence electrons. The lowest BCUT2D eigenvalue weighted by atomic mass is 9.93. The molecule has 1 N–H and O–H groups in total. The quantitative estimate of drug-likeness (QED) is 0.697. The number of carbonyl (C=O) groups is 2. The molecule has 1 heterocycles. The summed E-state index contributed by atoms with van der Waals surface area (Å²) in [5.74, 6) is 0.766. The van der Waals surface area contributed by atoms with E-state index in [9.17, 15) is 9.59 Å². The Morgan fingerprint density at radius 1 is 1.00 bits per heavy atom. The molecule has 0 aromatic heterocycles. The van der Waals surface area contributed by atoms with Gasteiger partial charge in [0.05, 0.1) is 0 Å². The molecule has 0 spiro atoms. The standard InChI is InChI=1S/C23H27NO5/c25-22(24-14-4-7-18(15-24)8-13-23(26)27)17-29-21-11-9-20(10-12-21)28-16-19-5-2-1-3-6-19/h1-3,5-6,9-12,18H,4,7-8,13-17H2,(H,26,27). The zero-order valence-electron chi connectivity index (χ0n) is 16.5. The van der Waals surface area contributed by atoms with Crippen molar-refractivity contribution < 1.29 is 24.2 Å². The number of rotatable bonds is 9. The second-order valence-corrected chi connectivity index (χ2v) is 7.31. The molecule has 0 saturated carbocycles. The van der Waals surface area contributed by atoms with Gasteiger partial charge < -0.3 is 19.5 Å². The first kappa shape index (κ1) is 20.7. The third kappa shape index (κ3) is 6.82. The number of aliphatic carboxylic acids is 1. The highest BCUT2D eigenvalue weighted by Gasteiger charge is 2.24. The van der Waals surface area contributed by atoms with Crippen LogP contribution in [-0.4, -0.2) is 41.6 Å². The van der Waals surface area contributed by atoms with E-state index in [1.807, 2.05) is 42.5 Å². The minimum absolute atomic E-state index is 0.0180. The number of amides is 1. The van der Waals surface area contributed by atoms with E-state index in [4.69, 9.17) is 14.6 Å². The lowest BCUT2D eigenvalue weighted by Gasteiger charge is -2.32. The average molecular weight is 397 g/mol. The van der Waals surface area contributed by atoms with Crippen LogP contribution in [0.25, 0.3) is 0 Å². The van der Waals surface area contributed by atoms with E-state index in [0.717, 1.165) is 24.2 Å². The number of likely N-dealkylation sites (tertiary alicyclic amines) is 1. The van der Waals surface area contributed by atoms with Gasteiger partial charge in [-0.1, -0.05) is 30.3 Å². The van der Waals surface area contributed by atoms with Gasteiger partial charge in [-0.2, -0.15) is 0 Å². The Hall–Kier alpha value is -3.02. The zero-order valence-corrected chi connectivity index (χ0v) is 16.5. The molecule has 3 rings (SSSR count). The summed E-state index contributed by atoms with van der Waals surface area (Å²) in [6, 6.07) is 17.2. The molecule has 1 aliphatic rings. The molecule has 29 heavy (non-hydrogen) atoms. The van der Waals surface area contributed by atoms with Gasteiger partial charge in [0, 0.05) is 19.5 Å². The second kappa shape index (κ2) is 10.5. The van der Waals surface area contributed by atoms with Gasteiger partial charge in [-0.3, -0.25) is 9.59 Å². The van der Waals surface area contributed by atoms with Gasteiger partial charge in [0.15, 0.2) is 6.61 Å². The SMILES string of the molecule is O=C(O)CCC1CCCN(C(=O)COc2ccc(OCc3ccccc3)cc2)C1. The Balaban J connectivity index is 1.42. The van der Waals surface area contributed by atoms with Crippen molar-refractivity contribution in [3.8, 4) is 11.5 Å². The number of ether oxygens (including phenoxy) is 2. The van der Waals surface area contributed by atoms with Crippen LogP contribution in [0.2, 0.25) is 0 Å². The van der Waals surface area contributed by atoms with Crippen LogP contribution in [0, 0.1) is 5.92 Å². The number of hydrogen-bond donors (Lipinski definition) is 1. The van der Waals surface area contributed by atoms with Gasteiger partial charge in [0.2, 0.25) is 0 Å². The second-order valence-electron chi connectivity index (χ2n) is 7.31. The zero-order chi connectivity index (χ0) is 20.5. The van der Waals surface area contributed by atoms with E-state index in [1.165, 1.54) is 0 Å². The predicted octanol–water partition coefficient (Wildman–Crippen LogP) is 3.75. The monoisotopic (exact) mass is 397 g/mol. The molecule has 0 aliphatic carbocycles. The van der Waals surface area contributed by atoms with Crippen molar-refractivity contribution in [1.29, 1.82) is 0 Å². The van der Waals surface area contributed by atoms with E-state index < -0.39 is 5.97 Å². The fourth-order valence-corrected chi connectivity index (χ4v) is 3.46. The van der Waals surface area contributed by atoms with Crippen LogP contribution in [0.3, 0.4) is 0 Å². The van der Waals surface area contributed by atoms with Crippen LogP contribution in [0.4, 0.5) is 0 Å². The predicted molar refractivity (Wildman–Crippen MR) is 109 cm³/mol. The maximum Gasteiger partial charge on any atom is 0.303 e. The number of carbonyl (C=O) groups excluding carboxylic acids is 1. The molecule has 6 nitrogen and oxygen atoms in total. The molecule has 2 aromatic carbocycles. The fourth-order valence-electron chi connectivity index (χ4n) is 3.46. The third-order valence-electron chi connectivity index (χ3n) is 5.07. The molecule has 1 aliphatic heterocycles. The fraction of sp³-hybridized carbons (Fsp3) is 0.391. The average Bonchev–Trinajstić information content (AvgIpc) is 2.76. The van der Waals surface area contributed by atoms with Crippen LogP contribution in [0.1, 0.15) is 31.2 Å². The molecule has 0 radical (unpaired) electrons. The van der Waals surface area contributed by atoms with Gasteiger partial charge >= 0.3 is 5.97 Å². The third-order valence-corrected chi connectivity index (χ3v) is 5.07. The Bertz CT molecular complexity index is 791. The van der Waals surface area contributed by atoms with Crippen LogP contribution in [0.15, 0.2) is 54.6 Å². The number of carboxylic acids is 1. The van der Waals surface area contributed by atoms with Crippen LogP contribution >= 0.6 is 0 Å². The summed E-state index contributed by atoms with van der Waals surface area (Å²) in [5.41, 5.74) is 1.10. The summed E-state index contributed by atoms with van der Waals surface area (Å²) >= 11 is 0. The van der Waals surface area contributed by atoms with E-state index in [2.05, 4.69) is 0 Å². The summed E-state index contributed by atoms with van der Waals surface area (Å²) in [6.45, 7) is 1.80.